The van der Waals surface area contributed by atoms with Crippen LogP contribution in [0.5, 0.6) is 0 Å². The van der Waals surface area contributed by atoms with Crippen molar-refractivity contribution in [2.24, 2.45) is 0 Å². The van der Waals surface area contributed by atoms with Gasteiger partial charge in [0.15, 0.2) is 0 Å². The second-order valence-electron chi connectivity index (χ2n) is 5.88. The van der Waals surface area contributed by atoms with E-state index in [1.54, 1.807) is 19.3 Å². The van der Waals surface area contributed by atoms with Crippen molar-refractivity contribution in [3.63, 3.8) is 0 Å². The van der Waals surface area contributed by atoms with Crippen LogP contribution in [0.25, 0.3) is 0 Å². The molecule has 6 nitrogen and oxygen atoms in total. The lowest BCUT2D eigenvalue weighted by Gasteiger charge is -2.31. The highest BCUT2D eigenvalue weighted by molar-refractivity contribution is 5.73. The molecule has 0 radical (unpaired) electrons. The summed E-state index contributed by atoms with van der Waals surface area (Å²) < 4.78 is 0. The molecule has 3 heterocycles. The lowest BCUT2D eigenvalue weighted by atomic mass is 9.93. The quantitative estimate of drug-likeness (QED) is 0.943. The molecule has 0 atom stereocenters. The summed E-state index contributed by atoms with van der Waals surface area (Å²) in [6.45, 7) is 5.22. The summed E-state index contributed by atoms with van der Waals surface area (Å²) in [5, 5.41) is 3.18. The first-order valence-electron chi connectivity index (χ1n) is 7.90. The molecule has 0 aliphatic carbocycles. The topological polar surface area (TPSA) is 71.0 Å². The minimum Gasteiger partial charge on any atom is -0.343 e. The van der Waals surface area contributed by atoms with E-state index in [9.17, 15) is 4.79 Å². The van der Waals surface area contributed by atoms with Gasteiger partial charge in [0, 0.05) is 44.0 Å². The number of carbonyl (C=O) groups is 1. The van der Waals surface area contributed by atoms with Crippen LogP contribution in [0.4, 0.5) is 11.8 Å². The van der Waals surface area contributed by atoms with E-state index in [0.29, 0.717) is 11.9 Å². The van der Waals surface area contributed by atoms with Crippen LogP contribution in [0, 0.1) is 6.92 Å². The van der Waals surface area contributed by atoms with E-state index < -0.39 is 0 Å². The standard InChI is InChI=1S/C17H21N5O/c1-12-4-3-8-18-16(12)21-17-19-9-5-15(20-17)14-6-10-22(11-7-14)13(2)23/h3-5,8-9,14H,6-7,10-11H2,1-2H3,(H,18,19,20,21). The Labute approximate surface area is 136 Å². The molecule has 0 saturated carbocycles. The van der Waals surface area contributed by atoms with Gasteiger partial charge >= 0.3 is 0 Å². The van der Waals surface area contributed by atoms with E-state index in [2.05, 4.69) is 20.3 Å². The van der Waals surface area contributed by atoms with Gasteiger partial charge in [-0.1, -0.05) is 6.07 Å². The maximum Gasteiger partial charge on any atom is 0.228 e. The number of aryl methyl sites for hydroxylation is 1. The van der Waals surface area contributed by atoms with Crippen LogP contribution in [-0.2, 0) is 4.79 Å². The molecule has 3 rings (SSSR count). The first-order chi connectivity index (χ1) is 11.1. The summed E-state index contributed by atoms with van der Waals surface area (Å²) >= 11 is 0. The third-order valence-corrected chi connectivity index (χ3v) is 4.28. The fraction of sp³-hybridized carbons (Fsp3) is 0.412. The number of carbonyl (C=O) groups excluding carboxylic acids is 1. The van der Waals surface area contributed by atoms with Crippen LogP contribution < -0.4 is 5.32 Å². The lowest BCUT2D eigenvalue weighted by molar-refractivity contribution is -0.129. The molecule has 6 heteroatoms. The van der Waals surface area contributed by atoms with Gasteiger partial charge in [0.2, 0.25) is 11.9 Å². The Morgan fingerprint density at radius 2 is 2.00 bits per heavy atom. The van der Waals surface area contributed by atoms with Gasteiger partial charge < -0.3 is 10.2 Å². The van der Waals surface area contributed by atoms with E-state index in [1.165, 1.54) is 0 Å². The van der Waals surface area contributed by atoms with Gasteiger partial charge in [0.05, 0.1) is 0 Å². The van der Waals surface area contributed by atoms with E-state index in [1.807, 2.05) is 30.0 Å². The number of amides is 1. The lowest BCUT2D eigenvalue weighted by Crippen LogP contribution is -2.36. The first-order valence-corrected chi connectivity index (χ1v) is 7.90. The number of rotatable bonds is 3. The molecule has 0 aromatic carbocycles. The maximum atomic E-state index is 11.4. The number of aromatic nitrogens is 3. The predicted molar refractivity (Wildman–Crippen MR) is 88.5 cm³/mol. The summed E-state index contributed by atoms with van der Waals surface area (Å²) in [6.07, 6.45) is 5.41. The molecule has 1 aliphatic rings. The van der Waals surface area contributed by atoms with Gasteiger partial charge in [-0.3, -0.25) is 4.79 Å². The van der Waals surface area contributed by atoms with Crippen molar-refractivity contribution in [2.75, 3.05) is 18.4 Å². The Hall–Kier alpha value is -2.50. The number of anilines is 2. The Bertz CT molecular complexity index is 695. The summed E-state index contributed by atoms with van der Waals surface area (Å²) in [5.41, 5.74) is 2.08. The molecule has 1 amide bonds. The van der Waals surface area contributed by atoms with E-state index in [4.69, 9.17) is 0 Å². The summed E-state index contributed by atoms with van der Waals surface area (Å²) in [4.78, 5) is 26.5. The molecular formula is C17H21N5O. The first kappa shape index (κ1) is 15.4. The summed E-state index contributed by atoms with van der Waals surface area (Å²) in [7, 11) is 0. The molecule has 2 aromatic heterocycles. The highest BCUT2D eigenvalue weighted by Gasteiger charge is 2.23. The van der Waals surface area contributed by atoms with Crippen LogP contribution in [0.3, 0.4) is 0 Å². The van der Waals surface area contributed by atoms with E-state index in [-0.39, 0.29) is 5.91 Å². The average molecular weight is 311 g/mol. The zero-order valence-electron chi connectivity index (χ0n) is 13.5. The molecule has 1 saturated heterocycles. The van der Waals surface area contributed by atoms with Crippen LogP contribution in [-0.4, -0.2) is 38.8 Å². The molecule has 1 N–H and O–H groups in total. The van der Waals surface area contributed by atoms with Crippen molar-refractivity contribution >= 4 is 17.7 Å². The minimum atomic E-state index is 0.152. The van der Waals surface area contributed by atoms with Crippen LogP contribution in [0.15, 0.2) is 30.6 Å². The fourth-order valence-electron chi connectivity index (χ4n) is 2.87. The van der Waals surface area contributed by atoms with Crippen molar-refractivity contribution in [2.45, 2.75) is 32.6 Å². The third-order valence-electron chi connectivity index (χ3n) is 4.28. The molecule has 0 bridgehead atoms. The Morgan fingerprint density at radius 1 is 1.22 bits per heavy atom. The van der Waals surface area contributed by atoms with Crippen LogP contribution in [0.2, 0.25) is 0 Å². The zero-order chi connectivity index (χ0) is 16.2. The number of pyridine rings is 1. The SMILES string of the molecule is CC(=O)N1CCC(c2ccnc(Nc3ncccc3C)n2)CC1. The van der Waals surface area contributed by atoms with Gasteiger partial charge in [-0.25, -0.2) is 15.0 Å². The number of hydrogen-bond donors (Lipinski definition) is 1. The van der Waals surface area contributed by atoms with Gasteiger partial charge in [-0.15, -0.1) is 0 Å². The molecule has 1 aliphatic heterocycles. The maximum absolute atomic E-state index is 11.4. The van der Waals surface area contributed by atoms with E-state index >= 15 is 0 Å². The number of hydrogen-bond acceptors (Lipinski definition) is 5. The predicted octanol–water partition coefficient (Wildman–Crippen LogP) is 2.65. The molecule has 0 unspecified atom stereocenters. The smallest absolute Gasteiger partial charge is 0.228 e. The number of piperidine rings is 1. The van der Waals surface area contributed by atoms with Crippen molar-refractivity contribution in [1.82, 2.24) is 19.9 Å². The largest absolute Gasteiger partial charge is 0.343 e. The van der Waals surface area contributed by atoms with Crippen molar-refractivity contribution in [1.29, 1.82) is 0 Å². The highest BCUT2D eigenvalue weighted by atomic mass is 16.2. The van der Waals surface area contributed by atoms with E-state index in [0.717, 1.165) is 43.0 Å². The minimum absolute atomic E-state index is 0.152. The highest BCUT2D eigenvalue weighted by Crippen LogP contribution is 2.27. The van der Waals surface area contributed by atoms with Gasteiger partial charge in [0.1, 0.15) is 5.82 Å². The molecule has 2 aromatic rings. The molecule has 0 spiro atoms. The van der Waals surface area contributed by atoms with Crippen LogP contribution >= 0.6 is 0 Å². The van der Waals surface area contributed by atoms with Crippen molar-refractivity contribution < 1.29 is 4.79 Å². The van der Waals surface area contributed by atoms with Crippen molar-refractivity contribution in [3.8, 4) is 0 Å². The molecular weight excluding hydrogens is 290 g/mol. The molecule has 1 fully saturated rings. The second kappa shape index (κ2) is 6.73. The summed E-state index contributed by atoms with van der Waals surface area (Å²) in [6, 6.07) is 5.86. The monoisotopic (exact) mass is 311 g/mol. The normalized spacial score (nSPS) is 15.5. The zero-order valence-corrected chi connectivity index (χ0v) is 13.5. The third kappa shape index (κ3) is 3.64. The van der Waals surface area contributed by atoms with Gasteiger partial charge in [0.25, 0.3) is 0 Å². The Morgan fingerprint density at radius 3 is 2.70 bits per heavy atom. The summed E-state index contributed by atoms with van der Waals surface area (Å²) in [5.74, 6) is 1.87. The molecule has 120 valence electrons. The second-order valence-corrected chi connectivity index (χ2v) is 5.88. The Kier molecular flexibility index (Phi) is 4.50. The van der Waals surface area contributed by atoms with Crippen LogP contribution in [0.1, 0.15) is 36.9 Å². The van der Waals surface area contributed by atoms with Gasteiger partial charge in [-0.05, 0) is 37.5 Å². The van der Waals surface area contributed by atoms with Gasteiger partial charge in [-0.2, -0.15) is 0 Å². The number of likely N-dealkylation sites (tertiary alicyclic amines) is 1. The Balaban J connectivity index is 1.71. The molecule has 23 heavy (non-hydrogen) atoms. The number of nitrogens with one attached hydrogen (secondary N) is 1. The fourth-order valence-corrected chi connectivity index (χ4v) is 2.87. The number of nitrogens with zero attached hydrogens (tertiary/aromatic N) is 4. The average Bonchev–Trinajstić information content (AvgIpc) is 2.57. The van der Waals surface area contributed by atoms with Crippen molar-refractivity contribution in [3.05, 3.63) is 41.9 Å².